The molecule has 1 unspecified atom stereocenters. The molecule has 2 aromatic carbocycles. The number of nitrogens with zero attached hydrogens (tertiary/aromatic N) is 5. The lowest BCUT2D eigenvalue weighted by molar-refractivity contribution is -0.145. The van der Waals surface area contributed by atoms with Crippen LogP contribution in [0, 0.1) is 24.4 Å². The van der Waals surface area contributed by atoms with Crippen molar-refractivity contribution in [1.82, 2.24) is 30.4 Å². The van der Waals surface area contributed by atoms with Gasteiger partial charge >= 0.3 is 6.18 Å². The highest BCUT2D eigenvalue weighted by Crippen LogP contribution is 2.46. The van der Waals surface area contributed by atoms with Crippen LogP contribution in [0.1, 0.15) is 59.1 Å². The molecule has 1 aliphatic carbocycles. The Morgan fingerprint density at radius 1 is 1.04 bits per heavy atom. The Hall–Kier alpha value is -5.17. The van der Waals surface area contributed by atoms with Crippen molar-refractivity contribution in [2.24, 2.45) is 0 Å². The number of nitrogens with one attached hydrogen (secondary N) is 2. The van der Waals surface area contributed by atoms with Crippen molar-refractivity contribution in [3.63, 3.8) is 0 Å². The second-order valence-corrected chi connectivity index (χ2v) is 15.3. The topological polar surface area (TPSA) is 114 Å². The molecule has 4 heterocycles. The molecular weight excluding hydrogens is 787 g/mol. The van der Waals surface area contributed by atoms with E-state index in [1.807, 2.05) is 4.90 Å². The Morgan fingerprint density at radius 2 is 1.75 bits per heavy atom. The molecule has 7 rings (SSSR count). The lowest BCUT2D eigenvalue weighted by Gasteiger charge is -2.40. The maximum absolute atomic E-state index is 14.9. The molecule has 1 amide bonds. The van der Waals surface area contributed by atoms with E-state index in [1.165, 1.54) is 36.5 Å². The fraction of sp³-hybridized carbons (Fsp3) is 0.395. The van der Waals surface area contributed by atoms with E-state index in [0.29, 0.717) is 70.7 Å². The lowest BCUT2D eigenvalue weighted by atomic mass is 9.91. The van der Waals surface area contributed by atoms with Gasteiger partial charge in [0.2, 0.25) is 5.91 Å². The summed E-state index contributed by atoms with van der Waals surface area (Å²) < 4.78 is 121. The predicted molar refractivity (Wildman–Crippen MR) is 193 cm³/mol. The smallest absolute Gasteiger partial charge is 0.435 e. The van der Waals surface area contributed by atoms with Gasteiger partial charge in [0.15, 0.2) is 16.5 Å². The Labute approximate surface area is 324 Å². The van der Waals surface area contributed by atoms with Gasteiger partial charge in [0.05, 0.1) is 16.4 Å². The zero-order valence-electron chi connectivity index (χ0n) is 30.5. The van der Waals surface area contributed by atoms with Gasteiger partial charge in [-0.05, 0) is 73.8 Å². The number of anilines is 1. The van der Waals surface area contributed by atoms with Crippen molar-refractivity contribution in [2.45, 2.75) is 69.3 Å². The van der Waals surface area contributed by atoms with E-state index in [0.717, 1.165) is 12.1 Å². The molecule has 0 bridgehead atoms. The zero-order valence-corrected chi connectivity index (χ0v) is 31.3. The maximum atomic E-state index is 14.9. The molecule has 0 saturated carbocycles. The van der Waals surface area contributed by atoms with Crippen LogP contribution in [-0.4, -0.2) is 64.4 Å². The van der Waals surface area contributed by atoms with E-state index in [4.69, 9.17) is 14.7 Å². The molecule has 2 N–H and O–H groups in total. The summed E-state index contributed by atoms with van der Waals surface area (Å²) in [6, 6.07) is 7.39. The number of thiazole rings is 1. The number of hydrogen-bond donors (Lipinski definition) is 2. The quantitative estimate of drug-likeness (QED) is 0.101. The zero-order chi connectivity index (χ0) is 40.9. The number of benzene rings is 2. The second-order valence-electron chi connectivity index (χ2n) is 14.3. The van der Waals surface area contributed by atoms with E-state index < -0.39 is 83.4 Å². The van der Waals surface area contributed by atoms with Gasteiger partial charge in [-0.1, -0.05) is 17.4 Å². The van der Waals surface area contributed by atoms with Crippen LogP contribution >= 0.6 is 11.3 Å². The molecule has 3 aromatic heterocycles. The maximum Gasteiger partial charge on any atom is 0.435 e. The van der Waals surface area contributed by atoms with Gasteiger partial charge < -0.3 is 20.3 Å². The van der Waals surface area contributed by atoms with Gasteiger partial charge in [-0.2, -0.15) is 32.0 Å². The molecule has 302 valence electrons. The van der Waals surface area contributed by atoms with Crippen LogP contribution in [0.5, 0.6) is 0 Å². The van der Waals surface area contributed by atoms with Crippen molar-refractivity contribution in [2.75, 3.05) is 31.6 Å². The summed E-state index contributed by atoms with van der Waals surface area (Å²) in [6.45, 7) is 2.32. The molecule has 0 spiro atoms. The van der Waals surface area contributed by atoms with Crippen LogP contribution in [0.15, 0.2) is 42.5 Å². The normalized spacial score (nSPS) is 16.8. The molecule has 10 nitrogen and oxygen atoms in total. The number of rotatable bonds is 12. The van der Waals surface area contributed by atoms with Gasteiger partial charge in [0.25, 0.3) is 12.4 Å². The van der Waals surface area contributed by atoms with E-state index in [-0.39, 0.29) is 28.9 Å². The summed E-state index contributed by atoms with van der Waals surface area (Å²) in [4.78, 5) is 36.6. The highest BCUT2D eigenvalue weighted by molar-refractivity contribution is 7.22. The predicted octanol–water partition coefficient (Wildman–Crippen LogP) is 7.17. The average molecular weight is 822 g/mol. The molecule has 5 aromatic rings. The van der Waals surface area contributed by atoms with Crippen LogP contribution in [-0.2, 0) is 45.8 Å². The number of pyridine rings is 1. The third-order valence-electron chi connectivity index (χ3n) is 10.3. The number of carbonyl (C=O) groups is 2. The third kappa shape index (κ3) is 8.17. The van der Waals surface area contributed by atoms with Crippen LogP contribution in [0.4, 0.5) is 40.3 Å². The van der Waals surface area contributed by atoms with Crippen molar-refractivity contribution in [3.05, 3.63) is 93.7 Å². The number of aryl methyl sites for hydroxylation is 1. The number of hydrogen-bond acceptors (Lipinski definition) is 9. The first kappa shape index (κ1) is 40.0. The summed E-state index contributed by atoms with van der Waals surface area (Å²) in [5, 5.41) is 9.66. The van der Waals surface area contributed by atoms with E-state index in [2.05, 4.69) is 15.7 Å². The lowest BCUT2D eigenvalue weighted by Crippen LogP contribution is -2.51. The Bertz CT molecular complexity index is 2320. The van der Waals surface area contributed by atoms with Gasteiger partial charge in [-0.15, -0.1) is 0 Å². The van der Waals surface area contributed by atoms with Crippen molar-refractivity contribution in [3.8, 4) is 11.1 Å². The Morgan fingerprint density at radius 3 is 2.40 bits per heavy atom. The molecule has 1 aliphatic heterocycles. The fourth-order valence-electron chi connectivity index (χ4n) is 7.62. The van der Waals surface area contributed by atoms with Crippen LogP contribution in [0.25, 0.3) is 21.5 Å². The monoisotopic (exact) mass is 821 g/mol. The van der Waals surface area contributed by atoms with Gasteiger partial charge in [-0.25, -0.2) is 18.2 Å². The molecule has 2 aliphatic rings. The SMILES string of the molecule is CNCC1(OC=O)CCN(c2nc3nc(C(Cc4cc(F)cc(F)c4)NC(=O)Cn4nc(C(F)(F)F)c5c4C(F)(F)CC5)c(-c4ccc(F)c(C)c4)cc3s2)CC1. The highest BCUT2D eigenvalue weighted by Gasteiger charge is 2.50. The number of aromatic nitrogens is 4. The summed E-state index contributed by atoms with van der Waals surface area (Å²) >= 11 is 1.30. The number of piperidine rings is 1. The fourth-order valence-corrected chi connectivity index (χ4v) is 8.62. The number of alkyl halides is 5. The van der Waals surface area contributed by atoms with Crippen molar-refractivity contribution >= 4 is 39.2 Å². The standard InChI is InChI=1S/C38H35F8N7O3S/c1-20-11-22(3-4-27(20)41)26-16-29-34(50-35(57-29)52-9-7-36(8-10-52,18-47-2)56-19-54)49-31(26)28(14-21-12-23(39)15-24(40)13-21)48-30(55)17-53-33-25(5-6-37(33,42)43)32(51-53)38(44,45)46/h3-4,11-13,15-16,19,28,47H,5-10,14,17-18H2,1-2H3,(H,48,55). The third-order valence-corrected chi connectivity index (χ3v) is 11.3. The Kier molecular flexibility index (Phi) is 10.7. The minimum atomic E-state index is -5.06. The van der Waals surface area contributed by atoms with E-state index in [9.17, 15) is 44.7 Å². The minimum absolute atomic E-state index is 0.0571. The van der Waals surface area contributed by atoms with Crippen LogP contribution < -0.4 is 15.5 Å². The molecule has 1 saturated heterocycles. The first-order valence-corrected chi connectivity index (χ1v) is 18.7. The molecule has 57 heavy (non-hydrogen) atoms. The molecule has 0 radical (unpaired) electrons. The molecular formula is C38H35F8N7O3S. The summed E-state index contributed by atoms with van der Waals surface area (Å²) in [6.07, 6.45) is -5.87. The number of fused-ring (bicyclic) bond motifs is 2. The molecule has 19 heteroatoms. The summed E-state index contributed by atoms with van der Waals surface area (Å²) in [7, 11) is 1.76. The number of carbonyl (C=O) groups excluding carboxylic acids is 2. The molecule has 1 fully saturated rings. The first-order valence-electron chi connectivity index (χ1n) is 17.9. The van der Waals surface area contributed by atoms with Gasteiger partial charge in [-0.3, -0.25) is 14.3 Å². The highest BCUT2D eigenvalue weighted by atomic mass is 32.1. The van der Waals surface area contributed by atoms with E-state index >= 15 is 0 Å². The van der Waals surface area contributed by atoms with Gasteiger partial charge in [0, 0.05) is 56.1 Å². The van der Waals surface area contributed by atoms with Gasteiger partial charge in [0.1, 0.15) is 35.3 Å². The summed E-state index contributed by atoms with van der Waals surface area (Å²) in [5.41, 5.74) is -2.47. The Balaban J connectivity index is 1.30. The number of halogens is 8. The second kappa shape index (κ2) is 15.3. The van der Waals surface area contributed by atoms with E-state index in [1.54, 1.807) is 13.1 Å². The first-order chi connectivity index (χ1) is 27.0. The van der Waals surface area contributed by atoms with Crippen LogP contribution in [0.3, 0.4) is 0 Å². The number of likely N-dealkylation sites (N-methyl/N-ethyl adjacent to an activating group) is 1. The van der Waals surface area contributed by atoms with Crippen molar-refractivity contribution in [1.29, 1.82) is 0 Å². The largest absolute Gasteiger partial charge is 0.460 e. The number of amides is 1. The molecule has 1 atom stereocenters. The number of ether oxygens (including phenoxy) is 1. The van der Waals surface area contributed by atoms with Crippen LogP contribution in [0.2, 0.25) is 0 Å². The van der Waals surface area contributed by atoms with Crippen molar-refractivity contribution < 1.29 is 49.4 Å². The average Bonchev–Trinajstić information content (AvgIpc) is 3.82. The minimum Gasteiger partial charge on any atom is -0.460 e. The summed E-state index contributed by atoms with van der Waals surface area (Å²) in [5.74, 6) is -7.09.